The smallest absolute Gasteiger partial charge is 0.234 e. The number of halogens is 2. The maximum atomic E-state index is 13.2. The normalized spacial score (nSPS) is 13.8. The molecule has 0 spiro atoms. The number of carbonyl (C=O) groups excluding carboxylic acids is 1. The molecule has 1 aliphatic rings. The van der Waals surface area contributed by atoms with Gasteiger partial charge in [-0.3, -0.25) is 4.79 Å². The van der Waals surface area contributed by atoms with Crippen molar-refractivity contribution in [2.24, 2.45) is 0 Å². The van der Waals surface area contributed by atoms with Crippen LogP contribution in [0.5, 0.6) is 0 Å². The van der Waals surface area contributed by atoms with Gasteiger partial charge in [0.15, 0.2) is 5.82 Å². The van der Waals surface area contributed by atoms with Gasteiger partial charge in [0.2, 0.25) is 5.91 Å². The molecule has 0 saturated carbocycles. The molecule has 2 aromatic carbocycles. The number of rotatable bonds is 6. The highest BCUT2D eigenvalue weighted by atomic mass is 35.5. The highest BCUT2D eigenvalue weighted by molar-refractivity contribution is 8.00. The predicted molar refractivity (Wildman–Crippen MR) is 133 cm³/mol. The number of anilines is 3. The summed E-state index contributed by atoms with van der Waals surface area (Å²) in [5, 5.41) is 3.58. The Morgan fingerprint density at radius 2 is 1.82 bits per heavy atom. The Balaban J connectivity index is 1.38. The second kappa shape index (κ2) is 10.4. The van der Waals surface area contributed by atoms with Gasteiger partial charge in [-0.05, 0) is 49.2 Å². The minimum absolute atomic E-state index is 0.141. The molecule has 3 aromatic rings. The van der Waals surface area contributed by atoms with Crippen LogP contribution in [0.3, 0.4) is 0 Å². The number of nitrogens with zero attached hydrogens (tertiary/aromatic N) is 4. The number of aromatic nitrogens is 2. The SMILES string of the molecule is Cc1cccc(N2CCN(c3nccnc3SCC(=O)Nc3ccc(F)cc3Cl)CC2)c1C. The van der Waals surface area contributed by atoms with Gasteiger partial charge in [0.05, 0.1) is 16.5 Å². The van der Waals surface area contributed by atoms with Crippen molar-refractivity contribution in [1.82, 2.24) is 9.97 Å². The summed E-state index contributed by atoms with van der Waals surface area (Å²) in [7, 11) is 0. The van der Waals surface area contributed by atoms with Crippen LogP contribution in [0.15, 0.2) is 53.8 Å². The van der Waals surface area contributed by atoms with Crippen LogP contribution in [0.1, 0.15) is 11.1 Å². The van der Waals surface area contributed by atoms with Gasteiger partial charge in [0.1, 0.15) is 10.8 Å². The van der Waals surface area contributed by atoms with Crippen molar-refractivity contribution >= 4 is 46.5 Å². The third-order valence-corrected chi connectivity index (χ3v) is 6.97. The van der Waals surface area contributed by atoms with Gasteiger partial charge in [-0.2, -0.15) is 0 Å². The summed E-state index contributed by atoms with van der Waals surface area (Å²) in [4.78, 5) is 26.0. The van der Waals surface area contributed by atoms with Gasteiger partial charge in [-0.1, -0.05) is 35.5 Å². The van der Waals surface area contributed by atoms with Crippen molar-refractivity contribution in [3.63, 3.8) is 0 Å². The van der Waals surface area contributed by atoms with Crippen LogP contribution in [-0.4, -0.2) is 47.8 Å². The van der Waals surface area contributed by atoms with E-state index in [0.717, 1.165) is 32.0 Å². The van der Waals surface area contributed by atoms with Crippen LogP contribution in [-0.2, 0) is 4.79 Å². The molecule has 2 heterocycles. The molecule has 1 saturated heterocycles. The zero-order chi connectivity index (χ0) is 23.4. The van der Waals surface area contributed by atoms with Crippen molar-refractivity contribution < 1.29 is 9.18 Å². The number of piperazine rings is 1. The zero-order valence-electron chi connectivity index (χ0n) is 18.5. The van der Waals surface area contributed by atoms with E-state index >= 15 is 0 Å². The van der Waals surface area contributed by atoms with Crippen molar-refractivity contribution in [2.45, 2.75) is 18.9 Å². The molecule has 0 bridgehead atoms. The number of carbonyl (C=O) groups is 1. The van der Waals surface area contributed by atoms with E-state index < -0.39 is 5.82 Å². The van der Waals surface area contributed by atoms with Crippen LogP contribution >= 0.6 is 23.4 Å². The molecule has 1 fully saturated rings. The largest absolute Gasteiger partial charge is 0.368 e. The fourth-order valence-corrected chi connectivity index (χ4v) is 4.79. The number of hydrogen-bond donors (Lipinski definition) is 1. The number of hydrogen-bond acceptors (Lipinski definition) is 6. The first-order chi connectivity index (χ1) is 15.9. The fourth-order valence-electron chi connectivity index (χ4n) is 3.79. The molecule has 172 valence electrons. The van der Waals surface area contributed by atoms with Crippen LogP contribution in [0.4, 0.5) is 21.6 Å². The lowest BCUT2D eigenvalue weighted by molar-refractivity contribution is -0.113. The third-order valence-electron chi connectivity index (χ3n) is 5.69. The minimum atomic E-state index is -0.450. The van der Waals surface area contributed by atoms with Crippen molar-refractivity contribution in [3.8, 4) is 0 Å². The highest BCUT2D eigenvalue weighted by Gasteiger charge is 2.22. The van der Waals surface area contributed by atoms with Gasteiger partial charge < -0.3 is 15.1 Å². The van der Waals surface area contributed by atoms with E-state index in [-0.39, 0.29) is 16.7 Å². The Hall–Kier alpha value is -2.84. The van der Waals surface area contributed by atoms with Gasteiger partial charge in [-0.25, -0.2) is 14.4 Å². The molecule has 33 heavy (non-hydrogen) atoms. The molecule has 1 aliphatic heterocycles. The second-order valence-electron chi connectivity index (χ2n) is 7.84. The summed E-state index contributed by atoms with van der Waals surface area (Å²) in [6.07, 6.45) is 3.31. The first-order valence-corrected chi connectivity index (χ1v) is 12.0. The summed E-state index contributed by atoms with van der Waals surface area (Å²) in [6, 6.07) is 10.3. The van der Waals surface area contributed by atoms with Gasteiger partial charge in [-0.15, -0.1) is 0 Å². The quantitative estimate of drug-likeness (QED) is 0.499. The molecule has 1 amide bonds. The topological polar surface area (TPSA) is 61.4 Å². The zero-order valence-corrected chi connectivity index (χ0v) is 20.1. The summed E-state index contributed by atoms with van der Waals surface area (Å²) < 4.78 is 13.2. The predicted octanol–water partition coefficient (Wildman–Crippen LogP) is 4.94. The molecular weight excluding hydrogens is 461 g/mol. The summed E-state index contributed by atoms with van der Waals surface area (Å²) in [5.74, 6) is 0.233. The van der Waals surface area contributed by atoms with E-state index in [4.69, 9.17) is 11.6 Å². The fraction of sp³-hybridized carbons (Fsp3) is 0.292. The Morgan fingerprint density at radius 1 is 1.09 bits per heavy atom. The molecule has 0 atom stereocenters. The van der Waals surface area contributed by atoms with E-state index in [2.05, 4.69) is 57.1 Å². The number of nitrogens with one attached hydrogen (secondary N) is 1. The Kier molecular flexibility index (Phi) is 7.35. The van der Waals surface area contributed by atoms with Gasteiger partial charge in [0.25, 0.3) is 0 Å². The molecule has 9 heteroatoms. The maximum Gasteiger partial charge on any atom is 0.234 e. The highest BCUT2D eigenvalue weighted by Crippen LogP contribution is 2.29. The average Bonchev–Trinajstić information content (AvgIpc) is 2.82. The van der Waals surface area contributed by atoms with Crippen molar-refractivity contribution in [1.29, 1.82) is 0 Å². The third kappa shape index (κ3) is 5.57. The molecule has 0 aliphatic carbocycles. The van der Waals surface area contributed by atoms with Crippen LogP contribution in [0.2, 0.25) is 5.02 Å². The van der Waals surface area contributed by atoms with Gasteiger partial charge in [0, 0.05) is 44.3 Å². The number of benzene rings is 2. The Labute approximate surface area is 202 Å². The molecule has 4 rings (SSSR count). The Morgan fingerprint density at radius 3 is 2.58 bits per heavy atom. The number of thioether (sulfide) groups is 1. The molecule has 1 N–H and O–H groups in total. The van der Waals surface area contributed by atoms with E-state index in [0.29, 0.717) is 10.7 Å². The van der Waals surface area contributed by atoms with Crippen LogP contribution < -0.4 is 15.1 Å². The lowest BCUT2D eigenvalue weighted by Gasteiger charge is -2.37. The second-order valence-corrected chi connectivity index (χ2v) is 9.21. The number of aryl methyl sites for hydroxylation is 1. The lowest BCUT2D eigenvalue weighted by Crippen LogP contribution is -2.47. The lowest BCUT2D eigenvalue weighted by atomic mass is 10.1. The van der Waals surface area contributed by atoms with E-state index in [1.807, 2.05) is 0 Å². The molecule has 6 nitrogen and oxygen atoms in total. The first-order valence-electron chi connectivity index (χ1n) is 10.7. The first kappa shape index (κ1) is 23.3. The van der Waals surface area contributed by atoms with Gasteiger partial charge >= 0.3 is 0 Å². The summed E-state index contributed by atoms with van der Waals surface area (Å²) >= 11 is 7.32. The minimum Gasteiger partial charge on any atom is -0.368 e. The summed E-state index contributed by atoms with van der Waals surface area (Å²) in [6.45, 7) is 7.70. The van der Waals surface area contributed by atoms with E-state index in [9.17, 15) is 9.18 Å². The van der Waals surface area contributed by atoms with E-state index in [1.165, 1.54) is 46.8 Å². The Bertz CT molecular complexity index is 1150. The molecular formula is C24H25ClFN5OS. The summed E-state index contributed by atoms with van der Waals surface area (Å²) in [5.41, 5.74) is 4.27. The monoisotopic (exact) mass is 485 g/mol. The molecule has 1 aromatic heterocycles. The van der Waals surface area contributed by atoms with Crippen LogP contribution in [0.25, 0.3) is 0 Å². The molecule has 0 radical (unpaired) electrons. The van der Waals surface area contributed by atoms with E-state index in [1.54, 1.807) is 12.4 Å². The average molecular weight is 486 g/mol. The maximum absolute atomic E-state index is 13.2. The molecule has 0 unspecified atom stereocenters. The standard InChI is InChI=1S/C24H25ClFN5OS/c1-16-4-3-5-21(17(16)2)30-10-12-31(13-11-30)23-24(28-9-8-27-23)33-15-22(32)29-20-7-6-18(26)14-19(20)25/h3-9,14H,10-13,15H2,1-2H3,(H,29,32). The van der Waals surface area contributed by atoms with Crippen molar-refractivity contribution in [3.05, 3.63) is 70.8 Å². The van der Waals surface area contributed by atoms with Crippen molar-refractivity contribution in [2.75, 3.05) is 47.0 Å². The van der Waals surface area contributed by atoms with Crippen LogP contribution in [0, 0.1) is 19.7 Å². The number of amides is 1.